The van der Waals surface area contributed by atoms with Crippen molar-refractivity contribution in [3.8, 4) is 11.3 Å². The van der Waals surface area contributed by atoms with E-state index in [0.717, 1.165) is 38.7 Å². The number of aryl methyl sites for hydroxylation is 2. The molecule has 0 atom stereocenters. The standard InChI is InChI=1S/C23H27NO2/c1-15(2)13-26-14-21-20-12-16(3)10-11-19(20)23(25)24(5)22(21)18-9-7-6-8-17(18)4/h6-12,15H,13-14H2,1-5H3. The first-order chi connectivity index (χ1) is 12.4. The summed E-state index contributed by atoms with van der Waals surface area (Å²) in [5, 5.41) is 1.74. The van der Waals surface area contributed by atoms with Crippen LogP contribution in [0.2, 0.25) is 0 Å². The van der Waals surface area contributed by atoms with Gasteiger partial charge in [0.05, 0.1) is 12.3 Å². The van der Waals surface area contributed by atoms with Crippen LogP contribution >= 0.6 is 0 Å². The van der Waals surface area contributed by atoms with E-state index in [1.807, 2.05) is 31.3 Å². The van der Waals surface area contributed by atoms with Crippen molar-refractivity contribution in [2.45, 2.75) is 34.3 Å². The van der Waals surface area contributed by atoms with Gasteiger partial charge in [0, 0.05) is 30.2 Å². The summed E-state index contributed by atoms with van der Waals surface area (Å²) in [5.74, 6) is 0.470. The number of aromatic nitrogens is 1. The first kappa shape index (κ1) is 18.4. The van der Waals surface area contributed by atoms with Crippen molar-refractivity contribution in [1.29, 1.82) is 0 Å². The van der Waals surface area contributed by atoms with Gasteiger partial charge in [-0.2, -0.15) is 0 Å². The minimum absolute atomic E-state index is 0.0332. The fourth-order valence-electron chi connectivity index (χ4n) is 3.43. The molecule has 1 aromatic heterocycles. The van der Waals surface area contributed by atoms with Gasteiger partial charge in [0.2, 0.25) is 0 Å². The van der Waals surface area contributed by atoms with Crippen LogP contribution in [0.3, 0.4) is 0 Å². The Kier molecular flexibility index (Phi) is 5.28. The van der Waals surface area contributed by atoms with Crippen molar-refractivity contribution in [2.24, 2.45) is 13.0 Å². The average Bonchev–Trinajstić information content (AvgIpc) is 2.60. The summed E-state index contributed by atoms with van der Waals surface area (Å²) in [6, 6.07) is 14.2. The summed E-state index contributed by atoms with van der Waals surface area (Å²) in [5.41, 5.74) is 5.45. The van der Waals surface area contributed by atoms with Gasteiger partial charge in [0.1, 0.15) is 0 Å². The SMILES string of the molecule is Cc1ccc2c(=O)n(C)c(-c3ccccc3C)c(COCC(C)C)c2c1. The Hall–Kier alpha value is -2.39. The maximum Gasteiger partial charge on any atom is 0.258 e. The third-order valence-electron chi connectivity index (χ3n) is 4.75. The lowest BCUT2D eigenvalue weighted by Crippen LogP contribution is -2.21. The molecule has 3 heteroatoms. The molecule has 1 heterocycles. The van der Waals surface area contributed by atoms with Crippen molar-refractivity contribution in [3.05, 3.63) is 69.5 Å². The third kappa shape index (κ3) is 3.45. The molecular formula is C23H27NO2. The quantitative estimate of drug-likeness (QED) is 0.649. The fourth-order valence-corrected chi connectivity index (χ4v) is 3.43. The Morgan fingerprint density at radius 2 is 1.77 bits per heavy atom. The van der Waals surface area contributed by atoms with E-state index in [9.17, 15) is 4.79 Å². The van der Waals surface area contributed by atoms with Gasteiger partial charge < -0.3 is 9.30 Å². The van der Waals surface area contributed by atoms with E-state index in [1.54, 1.807) is 4.57 Å². The minimum Gasteiger partial charge on any atom is -0.376 e. The van der Waals surface area contributed by atoms with E-state index in [2.05, 4.69) is 45.9 Å². The van der Waals surface area contributed by atoms with Crippen LogP contribution in [0.1, 0.15) is 30.5 Å². The smallest absolute Gasteiger partial charge is 0.258 e. The van der Waals surface area contributed by atoms with Gasteiger partial charge in [-0.25, -0.2) is 0 Å². The molecule has 3 aromatic rings. The highest BCUT2D eigenvalue weighted by Crippen LogP contribution is 2.31. The lowest BCUT2D eigenvalue weighted by atomic mass is 9.96. The molecular weight excluding hydrogens is 322 g/mol. The van der Waals surface area contributed by atoms with E-state index in [-0.39, 0.29) is 5.56 Å². The fraction of sp³-hybridized carbons (Fsp3) is 0.348. The second-order valence-electron chi connectivity index (χ2n) is 7.46. The number of hydrogen-bond acceptors (Lipinski definition) is 2. The molecule has 0 aliphatic heterocycles. The van der Waals surface area contributed by atoms with Crippen LogP contribution in [-0.2, 0) is 18.4 Å². The summed E-state index contributed by atoms with van der Waals surface area (Å²) < 4.78 is 7.78. The van der Waals surface area contributed by atoms with E-state index in [0.29, 0.717) is 19.1 Å². The molecule has 0 bridgehead atoms. The van der Waals surface area contributed by atoms with E-state index < -0.39 is 0 Å². The minimum atomic E-state index is 0.0332. The van der Waals surface area contributed by atoms with Crippen LogP contribution in [0.25, 0.3) is 22.0 Å². The van der Waals surface area contributed by atoms with Crippen LogP contribution in [0.5, 0.6) is 0 Å². The molecule has 0 aliphatic carbocycles. The molecule has 0 saturated carbocycles. The summed E-state index contributed by atoms with van der Waals surface area (Å²) in [6.45, 7) is 9.62. The largest absolute Gasteiger partial charge is 0.376 e. The Labute approximate surface area is 155 Å². The maximum absolute atomic E-state index is 13.0. The molecule has 0 aliphatic rings. The number of pyridine rings is 1. The number of nitrogens with zero attached hydrogens (tertiary/aromatic N) is 1. The second kappa shape index (κ2) is 7.46. The first-order valence-corrected chi connectivity index (χ1v) is 9.16. The number of ether oxygens (including phenoxy) is 1. The molecule has 2 aromatic carbocycles. The third-order valence-corrected chi connectivity index (χ3v) is 4.75. The molecule has 3 nitrogen and oxygen atoms in total. The molecule has 0 fully saturated rings. The van der Waals surface area contributed by atoms with Crippen molar-refractivity contribution in [1.82, 2.24) is 4.57 Å². The van der Waals surface area contributed by atoms with Gasteiger partial charge in [-0.15, -0.1) is 0 Å². The summed E-state index contributed by atoms with van der Waals surface area (Å²) in [6.07, 6.45) is 0. The number of rotatable bonds is 5. The highest BCUT2D eigenvalue weighted by atomic mass is 16.5. The van der Waals surface area contributed by atoms with E-state index >= 15 is 0 Å². The van der Waals surface area contributed by atoms with E-state index in [1.165, 1.54) is 0 Å². The van der Waals surface area contributed by atoms with Crippen LogP contribution in [0.4, 0.5) is 0 Å². The molecule has 0 saturated heterocycles. The molecule has 3 rings (SSSR count). The maximum atomic E-state index is 13.0. The van der Waals surface area contributed by atoms with Crippen molar-refractivity contribution in [3.63, 3.8) is 0 Å². The normalized spacial score (nSPS) is 11.5. The Morgan fingerprint density at radius 3 is 2.46 bits per heavy atom. The second-order valence-corrected chi connectivity index (χ2v) is 7.46. The number of hydrogen-bond donors (Lipinski definition) is 0. The van der Waals surface area contributed by atoms with Crippen molar-refractivity contribution in [2.75, 3.05) is 6.61 Å². The Balaban J connectivity index is 2.32. The zero-order chi connectivity index (χ0) is 18.8. The molecule has 0 radical (unpaired) electrons. The Bertz CT molecular complexity index is 999. The molecule has 0 amide bonds. The van der Waals surface area contributed by atoms with E-state index in [4.69, 9.17) is 4.74 Å². The van der Waals surface area contributed by atoms with Gasteiger partial charge in [-0.05, 0) is 36.8 Å². The van der Waals surface area contributed by atoms with Gasteiger partial charge in [0.15, 0.2) is 0 Å². The van der Waals surface area contributed by atoms with Crippen LogP contribution in [0, 0.1) is 19.8 Å². The molecule has 0 N–H and O–H groups in total. The monoisotopic (exact) mass is 349 g/mol. The Morgan fingerprint density at radius 1 is 1.04 bits per heavy atom. The van der Waals surface area contributed by atoms with Gasteiger partial charge >= 0.3 is 0 Å². The van der Waals surface area contributed by atoms with Crippen molar-refractivity contribution < 1.29 is 4.74 Å². The van der Waals surface area contributed by atoms with Gasteiger partial charge in [0.25, 0.3) is 5.56 Å². The first-order valence-electron chi connectivity index (χ1n) is 9.16. The van der Waals surface area contributed by atoms with Crippen molar-refractivity contribution >= 4 is 10.8 Å². The predicted molar refractivity (Wildman–Crippen MR) is 109 cm³/mol. The zero-order valence-corrected chi connectivity index (χ0v) is 16.3. The van der Waals surface area contributed by atoms with Crippen LogP contribution in [-0.4, -0.2) is 11.2 Å². The lowest BCUT2D eigenvalue weighted by Gasteiger charge is -2.20. The van der Waals surface area contributed by atoms with Gasteiger partial charge in [-0.3, -0.25) is 4.79 Å². The average molecular weight is 349 g/mol. The molecule has 0 spiro atoms. The molecule has 136 valence electrons. The summed E-state index contributed by atoms with van der Waals surface area (Å²) >= 11 is 0. The summed E-state index contributed by atoms with van der Waals surface area (Å²) in [4.78, 5) is 13.0. The lowest BCUT2D eigenvalue weighted by molar-refractivity contribution is 0.0978. The predicted octanol–water partition coefficient (Wildman–Crippen LogP) is 4.99. The topological polar surface area (TPSA) is 31.2 Å². The summed E-state index contributed by atoms with van der Waals surface area (Å²) in [7, 11) is 1.86. The highest BCUT2D eigenvalue weighted by Gasteiger charge is 2.18. The van der Waals surface area contributed by atoms with Crippen LogP contribution in [0.15, 0.2) is 47.3 Å². The number of benzene rings is 2. The molecule has 0 unspecified atom stereocenters. The molecule has 26 heavy (non-hydrogen) atoms. The number of fused-ring (bicyclic) bond motifs is 1. The van der Waals surface area contributed by atoms with Crippen LogP contribution < -0.4 is 5.56 Å². The zero-order valence-electron chi connectivity index (χ0n) is 16.3. The highest BCUT2D eigenvalue weighted by molar-refractivity contribution is 5.90. The van der Waals surface area contributed by atoms with Gasteiger partial charge in [-0.1, -0.05) is 55.8 Å².